The lowest BCUT2D eigenvalue weighted by atomic mass is 10.0. The molecule has 126 valence electrons. The molecule has 0 unspecified atom stereocenters. The quantitative estimate of drug-likeness (QED) is 0.851. The first-order valence-electron chi connectivity index (χ1n) is 7.15. The van der Waals surface area contributed by atoms with Crippen molar-refractivity contribution in [1.29, 1.82) is 0 Å². The fraction of sp³-hybridized carbons (Fsp3) is 0.467. The van der Waals surface area contributed by atoms with E-state index < -0.39 is 28.9 Å². The van der Waals surface area contributed by atoms with Gasteiger partial charge in [-0.1, -0.05) is 0 Å². The van der Waals surface area contributed by atoms with Crippen molar-refractivity contribution in [2.45, 2.75) is 18.9 Å². The van der Waals surface area contributed by atoms with Gasteiger partial charge in [-0.3, -0.25) is 9.59 Å². The molecule has 0 saturated carbocycles. The average molecular weight is 330 g/mol. The zero-order valence-corrected chi connectivity index (χ0v) is 12.6. The number of carbonyl (C=O) groups excluding carboxylic acids is 2. The van der Waals surface area contributed by atoms with Gasteiger partial charge in [0.05, 0.1) is 5.56 Å². The number of nitrogens with zero attached hydrogens (tertiary/aromatic N) is 1. The Morgan fingerprint density at radius 3 is 2.48 bits per heavy atom. The van der Waals surface area contributed by atoms with Crippen LogP contribution in [-0.4, -0.2) is 49.6 Å². The third kappa shape index (κ3) is 4.01. The average Bonchev–Trinajstić information content (AvgIpc) is 2.53. The Balaban J connectivity index is 1.96. The molecule has 1 aliphatic rings. The lowest BCUT2D eigenvalue weighted by Gasteiger charge is -2.32. The first-order valence-corrected chi connectivity index (χ1v) is 7.15. The monoisotopic (exact) mass is 330 g/mol. The number of carbonyl (C=O) groups is 2. The molecule has 1 N–H and O–H groups in total. The molecule has 1 aromatic rings. The number of hydrogen-bond acceptors (Lipinski definition) is 3. The molecule has 23 heavy (non-hydrogen) atoms. The standard InChI is InChI=1S/C15H17F3N2O3/c1-23-8-12(21)19-9-4-6-20(7-5-9)15(22)10-2-3-11(16)14(18)13(10)17/h2-3,9H,4-8H2,1H3,(H,19,21). The first kappa shape index (κ1) is 17.3. The van der Waals surface area contributed by atoms with Crippen LogP contribution in [-0.2, 0) is 9.53 Å². The molecule has 1 aliphatic heterocycles. The highest BCUT2D eigenvalue weighted by Gasteiger charge is 2.27. The van der Waals surface area contributed by atoms with E-state index in [-0.39, 0.29) is 31.6 Å². The second-order valence-corrected chi connectivity index (χ2v) is 5.29. The number of likely N-dealkylation sites (tertiary alicyclic amines) is 1. The number of benzene rings is 1. The van der Waals surface area contributed by atoms with Crippen LogP contribution in [0, 0.1) is 17.5 Å². The SMILES string of the molecule is COCC(=O)NC1CCN(C(=O)c2ccc(F)c(F)c2F)CC1. The van der Waals surface area contributed by atoms with Gasteiger partial charge < -0.3 is 15.0 Å². The molecule has 0 aromatic heterocycles. The molecule has 0 bridgehead atoms. The minimum absolute atomic E-state index is 0.0424. The molecular weight excluding hydrogens is 313 g/mol. The Morgan fingerprint density at radius 2 is 1.87 bits per heavy atom. The number of ether oxygens (including phenoxy) is 1. The van der Waals surface area contributed by atoms with E-state index >= 15 is 0 Å². The van der Waals surface area contributed by atoms with Crippen LogP contribution >= 0.6 is 0 Å². The topological polar surface area (TPSA) is 58.6 Å². The van der Waals surface area contributed by atoms with Crippen molar-refractivity contribution in [2.75, 3.05) is 26.8 Å². The number of methoxy groups -OCH3 is 1. The van der Waals surface area contributed by atoms with Gasteiger partial charge in [0.1, 0.15) is 6.61 Å². The normalized spacial score (nSPS) is 15.6. The molecule has 0 radical (unpaired) electrons. The number of nitrogens with one attached hydrogen (secondary N) is 1. The van der Waals surface area contributed by atoms with Crippen molar-refractivity contribution in [3.63, 3.8) is 0 Å². The van der Waals surface area contributed by atoms with E-state index in [2.05, 4.69) is 5.32 Å². The fourth-order valence-electron chi connectivity index (χ4n) is 2.49. The van der Waals surface area contributed by atoms with E-state index in [0.717, 1.165) is 12.1 Å². The molecule has 1 fully saturated rings. The van der Waals surface area contributed by atoms with Crippen molar-refractivity contribution in [2.24, 2.45) is 0 Å². The van der Waals surface area contributed by atoms with Crippen LogP contribution in [0.15, 0.2) is 12.1 Å². The van der Waals surface area contributed by atoms with Crippen molar-refractivity contribution in [3.05, 3.63) is 35.1 Å². The molecule has 2 rings (SSSR count). The first-order chi connectivity index (χ1) is 10.9. The van der Waals surface area contributed by atoms with E-state index in [1.807, 2.05) is 0 Å². The molecule has 1 saturated heterocycles. The summed E-state index contributed by atoms with van der Waals surface area (Å²) < 4.78 is 44.5. The Bertz CT molecular complexity index is 602. The number of piperidine rings is 1. The molecule has 0 aliphatic carbocycles. The smallest absolute Gasteiger partial charge is 0.256 e. The maximum Gasteiger partial charge on any atom is 0.256 e. The molecule has 5 nitrogen and oxygen atoms in total. The second kappa shape index (κ2) is 7.45. The predicted octanol–water partition coefficient (Wildman–Crippen LogP) is 1.47. The van der Waals surface area contributed by atoms with Crippen LogP contribution in [0.1, 0.15) is 23.2 Å². The number of amides is 2. The molecule has 0 spiro atoms. The maximum absolute atomic E-state index is 13.7. The van der Waals surface area contributed by atoms with Crippen LogP contribution in [0.3, 0.4) is 0 Å². The summed E-state index contributed by atoms with van der Waals surface area (Å²) in [5, 5.41) is 2.76. The molecular formula is C15H17F3N2O3. The highest BCUT2D eigenvalue weighted by Crippen LogP contribution is 2.19. The van der Waals surface area contributed by atoms with Crippen molar-refractivity contribution >= 4 is 11.8 Å². The minimum atomic E-state index is -1.66. The number of halogens is 3. The van der Waals surface area contributed by atoms with Crippen LogP contribution in [0.2, 0.25) is 0 Å². The summed E-state index contributed by atoms with van der Waals surface area (Å²) in [5.74, 6) is -5.41. The summed E-state index contributed by atoms with van der Waals surface area (Å²) in [6, 6.07) is 1.56. The largest absolute Gasteiger partial charge is 0.375 e. The summed E-state index contributed by atoms with van der Waals surface area (Å²) in [7, 11) is 1.41. The van der Waals surface area contributed by atoms with Gasteiger partial charge in [-0.25, -0.2) is 13.2 Å². The molecule has 1 heterocycles. The van der Waals surface area contributed by atoms with Crippen LogP contribution in [0.4, 0.5) is 13.2 Å². The molecule has 2 amide bonds. The Morgan fingerprint density at radius 1 is 1.22 bits per heavy atom. The van der Waals surface area contributed by atoms with E-state index in [4.69, 9.17) is 4.74 Å². The lowest BCUT2D eigenvalue weighted by molar-refractivity contribution is -0.125. The summed E-state index contributed by atoms with van der Waals surface area (Å²) in [6.45, 7) is 0.531. The van der Waals surface area contributed by atoms with E-state index in [9.17, 15) is 22.8 Å². The lowest BCUT2D eigenvalue weighted by Crippen LogP contribution is -2.47. The third-order valence-corrected chi connectivity index (χ3v) is 3.69. The zero-order chi connectivity index (χ0) is 17.0. The predicted molar refractivity (Wildman–Crippen MR) is 75.3 cm³/mol. The minimum Gasteiger partial charge on any atom is -0.375 e. The third-order valence-electron chi connectivity index (χ3n) is 3.69. The van der Waals surface area contributed by atoms with Gasteiger partial charge in [0.15, 0.2) is 17.5 Å². The second-order valence-electron chi connectivity index (χ2n) is 5.29. The summed E-state index contributed by atoms with van der Waals surface area (Å²) in [6.07, 6.45) is 0.985. The van der Waals surface area contributed by atoms with Gasteiger partial charge in [0.2, 0.25) is 5.91 Å². The Hall–Kier alpha value is -2.09. The van der Waals surface area contributed by atoms with Gasteiger partial charge >= 0.3 is 0 Å². The van der Waals surface area contributed by atoms with E-state index in [1.54, 1.807) is 0 Å². The van der Waals surface area contributed by atoms with Crippen LogP contribution < -0.4 is 5.32 Å². The number of rotatable bonds is 4. The van der Waals surface area contributed by atoms with Gasteiger partial charge in [-0.15, -0.1) is 0 Å². The highest BCUT2D eigenvalue weighted by molar-refractivity contribution is 5.94. The fourth-order valence-corrected chi connectivity index (χ4v) is 2.49. The van der Waals surface area contributed by atoms with Crippen molar-refractivity contribution in [3.8, 4) is 0 Å². The maximum atomic E-state index is 13.7. The Labute approximate surface area is 131 Å². The van der Waals surface area contributed by atoms with Crippen molar-refractivity contribution in [1.82, 2.24) is 10.2 Å². The highest BCUT2D eigenvalue weighted by atomic mass is 19.2. The molecule has 1 aromatic carbocycles. The van der Waals surface area contributed by atoms with E-state index in [1.165, 1.54) is 12.0 Å². The molecule has 0 atom stereocenters. The van der Waals surface area contributed by atoms with Crippen molar-refractivity contribution < 1.29 is 27.5 Å². The van der Waals surface area contributed by atoms with Crippen LogP contribution in [0.25, 0.3) is 0 Å². The van der Waals surface area contributed by atoms with Crippen LogP contribution in [0.5, 0.6) is 0 Å². The van der Waals surface area contributed by atoms with Gasteiger partial charge in [-0.05, 0) is 25.0 Å². The van der Waals surface area contributed by atoms with Gasteiger partial charge in [-0.2, -0.15) is 0 Å². The summed E-state index contributed by atoms with van der Waals surface area (Å²) in [4.78, 5) is 25.0. The molecule has 8 heteroatoms. The van der Waals surface area contributed by atoms with Gasteiger partial charge in [0.25, 0.3) is 5.91 Å². The van der Waals surface area contributed by atoms with Gasteiger partial charge in [0, 0.05) is 26.2 Å². The Kier molecular flexibility index (Phi) is 5.59. The van der Waals surface area contributed by atoms with E-state index in [0.29, 0.717) is 12.8 Å². The number of hydrogen-bond donors (Lipinski definition) is 1. The summed E-state index contributed by atoms with van der Waals surface area (Å²) in [5.41, 5.74) is -0.495. The summed E-state index contributed by atoms with van der Waals surface area (Å²) >= 11 is 0. The zero-order valence-electron chi connectivity index (χ0n) is 12.6.